The van der Waals surface area contributed by atoms with Crippen molar-refractivity contribution in [3.05, 3.63) is 59.7 Å². The third-order valence-electron chi connectivity index (χ3n) is 4.11. The fraction of sp³-hybridized carbons (Fsp3) is 0.364. The van der Waals surface area contributed by atoms with Crippen LogP contribution < -0.4 is 14.8 Å². The zero-order chi connectivity index (χ0) is 20.6. The molecule has 2 rings (SSSR count). The van der Waals surface area contributed by atoms with E-state index in [0.717, 1.165) is 5.56 Å². The molecule has 1 N–H and O–H groups in total. The Bertz CT molecular complexity index is 793. The lowest BCUT2D eigenvalue weighted by Crippen LogP contribution is -2.29. The first-order chi connectivity index (χ1) is 13.3. The van der Waals surface area contributed by atoms with Gasteiger partial charge in [0, 0.05) is 12.1 Å². The van der Waals surface area contributed by atoms with Crippen LogP contribution in [0.15, 0.2) is 48.5 Å². The summed E-state index contributed by atoms with van der Waals surface area (Å²) in [5, 5.41) is 2.69. The summed E-state index contributed by atoms with van der Waals surface area (Å²) < 4.78 is 15.6. The summed E-state index contributed by atoms with van der Waals surface area (Å²) >= 11 is 0. The van der Waals surface area contributed by atoms with E-state index in [2.05, 4.69) is 26.1 Å². The van der Waals surface area contributed by atoms with Crippen LogP contribution in [0.5, 0.6) is 11.5 Å². The SMILES string of the molecule is COc1ccccc1CNC(=O)COC(=O)COc1ccc(C(C)(C)C)cc1. The van der Waals surface area contributed by atoms with E-state index in [4.69, 9.17) is 14.2 Å². The molecule has 150 valence electrons. The van der Waals surface area contributed by atoms with Crippen molar-refractivity contribution < 1.29 is 23.8 Å². The van der Waals surface area contributed by atoms with Gasteiger partial charge in [0.15, 0.2) is 13.2 Å². The molecule has 2 aromatic rings. The number of carbonyl (C=O) groups excluding carboxylic acids is 2. The number of hydrogen-bond donors (Lipinski definition) is 1. The van der Waals surface area contributed by atoms with Gasteiger partial charge in [0.25, 0.3) is 5.91 Å². The van der Waals surface area contributed by atoms with Crippen LogP contribution in [0.4, 0.5) is 0 Å². The van der Waals surface area contributed by atoms with E-state index in [1.807, 2.05) is 48.5 Å². The molecule has 28 heavy (non-hydrogen) atoms. The Kier molecular flexibility index (Phi) is 7.44. The van der Waals surface area contributed by atoms with Crippen molar-refractivity contribution in [1.29, 1.82) is 0 Å². The number of nitrogens with one attached hydrogen (secondary N) is 1. The molecule has 1 amide bonds. The number of rotatable bonds is 8. The first kappa shape index (κ1) is 21.3. The molecule has 0 aliphatic rings. The number of ether oxygens (including phenoxy) is 3. The highest BCUT2D eigenvalue weighted by Crippen LogP contribution is 2.24. The van der Waals surface area contributed by atoms with Crippen molar-refractivity contribution in [2.45, 2.75) is 32.7 Å². The lowest BCUT2D eigenvalue weighted by Gasteiger charge is -2.19. The van der Waals surface area contributed by atoms with Crippen LogP contribution in [0.1, 0.15) is 31.9 Å². The summed E-state index contributed by atoms with van der Waals surface area (Å²) in [6.45, 7) is 6.05. The second kappa shape index (κ2) is 9.78. The van der Waals surface area contributed by atoms with Crippen LogP contribution in [0.25, 0.3) is 0 Å². The summed E-state index contributed by atoms with van der Waals surface area (Å²) in [5.41, 5.74) is 2.06. The van der Waals surface area contributed by atoms with Crippen molar-refractivity contribution in [1.82, 2.24) is 5.32 Å². The van der Waals surface area contributed by atoms with Gasteiger partial charge in [-0.05, 0) is 29.2 Å². The highest BCUT2D eigenvalue weighted by atomic mass is 16.6. The molecule has 0 aliphatic carbocycles. The van der Waals surface area contributed by atoms with Crippen molar-refractivity contribution >= 4 is 11.9 Å². The molecule has 2 aromatic carbocycles. The molecule has 0 saturated heterocycles. The number of benzene rings is 2. The summed E-state index contributed by atoms with van der Waals surface area (Å²) in [6, 6.07) is 14.9. The van der Waals surface area contributed by atoms with E-state index in [9.17, 15) is 9.59 Å². The Morgan fingerprint density at radius 3 is 2.29 bits per heavy atom. The molecule has 0 unspecified atom stereocenters. The second-order valence-corrected chi connectivity index (χ2v) is 7.31. The van der Waals surface area contributed by atoms with E-state index in [1.165, 1.54) is 5.56 Å². The predicted octanol–water partition coefficient (Wildman–Crippen LogP) is 3.23. The molecular formula is C22H27NO5. The highest BCUT2D eigenvalue weighted by molar-refractivity contribution is 5.80. The fourth-order valence-corrected chi connectivity index (χ4v) is 2.47. The van der Waals surface area contributed by atoms with E-state index in [1.54, 1.807) is 7.11 Å². The summed E-state index contributed by atoms with van der Waals surface area (Å²) in [5.74, 6) is 0.261. The first-order valence-electron chi connectivity index (χ1n) is 9.07. The Labute approximate surface area is 165 Å². The highest BCUT2D eigenvalue weighted by Gasteiger charge is 2.14. The van der Waals surface area contributed by atoms with Gasteiger partial charge < -0.3 is 19.5 Å². The Morgan fingerprint density at radius 1 is 0.964 bits per heavy atom. The van der Waals surface area contributed by atoms with Gasteiger partial charge >= 0.3 is 5.97 Å². The quantitative estimate of drug-likeness (QED) is 0.706. The summed E-state index contributed by atoms with van der Waals surface area (Å²) in [4.78, 5) is 23.6. The van der Waals surface area contributed by atoms with Crippen molar-refractivity contribution in [3.63, 3.8) is 0 Å². The summed E-state index contributed by atoms with van der Waals surface area (Å²) in [7, 11) is 1.57. The van der Waals surface area contributed by atoms with Gasteiger partial charge in [-0.15, -0.1) is 0 Å². The minimum Gasteiger partial charge on any atom is -0.496 e. The molecule has 0 aliphatic heterocycles. The molecule has 0 bridgehead atoms. The maximum Gasteiger partial charge on any atom is 0.344 e. The molecule has 0 spiro atoms. The Hall–Kier alpha value is -3.02. The number of hydrogen-bond acceptors (Lipinski definition) is 5. The van der Waals surface area contributed by atoms with Crippen LogP contribution in [0.3, 0.4) is 0 Å². The monoisotopic (exact) mass is 385 g/mol. The van der Waals surface area contributed by atoms with E-state index >= 15 is 0 Å². The first-order valence-corrected chi connectivity index (χ1v) is 9.07. The van der Waals surface area contributed by atoms with Crippen LogP contribution >= 0.6 is 0 Å². The Balaban J connectivity index is 1.71. The second-order valence-electron chi connectivity index (χ2n) is 7.31. The number of methoxy groups -OCH3 is 1. The molecule has 0 radical (unpaired) electrons. The lowest BCUT2D eigenvalue weighted by atomic mass is 9.87. The molecule has 6 nitrogen and oxygen atoms in total. The number of amides is 1. The lowest BCUT2D eigenvalue weighted by molar-refractivity contribution is -0.150. The van der Waals surface area contributed by atoms with E-state index in [0.29, 0.717) is 11.5 Å². The smallest absolute Gasteiger partial charge is 0.344 e. The van der Waals surface area contributed by atoms with Gasteiger partial charge in [0.05, 0.1) is 7.11 Å². The number of para-hydroxylation sites is 1. The third kappa shape index (κ3) is 6.61. The number of esters is 1. The van der Waals surface area contributed by atoms with Gasteiger partial charge in [-0.3, -0.25) is 4.79 Å². The van der Waals surface area contributed by atoms with Crippen LogP contribution in [0.2, 0.25) is 0 Å². The van der Waals surface area contributed by atoms with Crippen LogP contribution in [0, 0.1) is 0 Å². The number of carbonyl (C=O) groups is 2. The average molecular weight is 385 g/mol. The molecule has 0 atom stereocenters. The minimum atomic E-state index is -0.604. The molecular weight excluding hydrogens is 358 g/mol. The molecule has 0 fully saturated rings. The zero-order valence-corrected chi connectivity index (χ0v) is 16.8. The van der Waals surface area contributed by atoms with Gasteiger partial charge in [0.1, 0.15) is 11.5 Å². The van der Waals surface area contributed by atoms with Crippen molar-refractivity contribution in [2.75, 3.05) is 20.3 Å². The standard InChI is InChI=1S/C22H27NO5/c1-22(2,3)17-9-11-18(12-10-17)27-15-21(25)28-14-20(24)23-13-16-7-5-6-8-19(16)26-4/h5-12H,13-15H2,1-4H3,(H,23,24). The largest absolute Gasteiger partial charge is 0.496 e. The van der Waals surface area contributed by atoms with E-state index < -0.39 is 11.9 Å². The molecule has 0 aromatic heterocycles. The topological polar surface area (TPSA) is 73.9 Å². The van der Waals surface area contributed by atoms with Crippen LogP contribution in [-0.4, -0.2) is 32.2 Å². The Morgan fingerprint density at radius 2 is 1.64 bits per heavy atom. The normalized spacial score (nSPS) is 10.9. The van der Waals surface area contributed by atoms with Gasteiger partial charge in [-0.1, -0.05) is 51.1 Å². The minimum absolute atomic E-state index is 0.0502. The average Bonchev–Trinajstić information content (AvgIpc) is 2.69. The van der Waals surface area contributed by atoms with Gasteiger partial charge in [-0.25, -0.2) is 4.79 Å². The summed E-state index contributed by atoms with van der Waals surface area (Å²) in [6.07, 6.45) is 0. The molecule has 6 heteroatoms. The third-order valence-corrected chi connectivity index (χ3v) is 4.11. The van der Waals surface area contributed by atoms with Crippen molar-refractivity contribution in [3.8, 4) is 11.5 Å². The molecule has 0 heterocycles. The molecule has 0 saturated carbocycles. The zero-order valence-electron chi connectivity index (χ0n) is 16.8. The predicted molar refractivity (Wildman–Crippen MR) is 106 cm³/mol. The van der Waals surface area contributed by atoms with Crippen LogP contribution in [-0.2, 0) is 26.3 Å². The maximum atomic E-state index is 11.9. The maximum absolute atomic E-state index is 11.9. The van der Waals surface area contributed by atoms with Gasteiger partial charge in [0.2, 0.25) is 0 Å². The van der Waals surface area contributed by atoms with E-state index in [-0.39, 0.29) is 25.2 Å². The van der Waals surface area contributed by atoms with Gasteiger partial charge in [-0.2, -0.15) is 0 Å². The van der Waals surface area contributed by atoms with Crippen molar-refractivity contribution in [2.24, 2.45) is 0 Å². The fourth-order valence-electron chi connectivity index (χ4n) is 2.47.